The summed E-state index contributed by atoms with van der Waals surface area (Å²) >= 11 is 0. The van der Waals surface area contributed by atoms with Crippen molar-refractivity contribution >= 4 is 11.4 Å². The van der Waals surface area contributed by atoms with Crippen molar-refractivity contribution in [1.29, 1.82) is 5.26 Å². The molecule has 0 fully saturated rings. The van der Waals surface area contributed by atoms with Crippen LogP contribution in [0.5, 0.6) is 0 Å². The number of pyridine rings is 1. The number of benzene rings is 1. The van der Waals surface area contributed by atoms with Crippen molar-refractivity contribution in [3.63, 3.8) is 0 Å². The summed E-state index contributed by atoms with van der Waals surface area (Å²) in [6.07, 6.45) is 1.63. The third-order valence-electron chi connectivity index (χ3n) is 2.76. The molecule has 0 spiro atoms. The van der Waals surface area contributed by atoms with Crippen molar-refractivity contribution in [3.8, 4) is 6.07 Å². The fraction of sp³-hybridized carbons (Fsp3) is 0.143. The SMILES string of the molecule is Cc1cccc(Nc2ccnc(C#N)c2)c1C. The van der Waals surface area contributed by atoms with Crippen LogP contribution in [0.1, 0.15) is 16.8 Å². The van der Waals surface area contributed by atoms with Crippen LogP contribution < -0.4 is 5.32 Å². The zero-order chi connectivity index (χ0) is 12.3. The number of anilines is 2. The van der Waals surface area contributed by atoms with Crippen molar-refractivity contribution in [1.82, 2.24) is 4.98 Å². The van der Waals surface area contributed by atoms with E-state index in [1.807, 2.05) is 24.3 Å². The molecular formula is C14H13N3. The molecule has 1 N–H and O–H groups in total. The second-order valence-electron chi connectivity index (χ2n) is 3.91. The van der Waals surface area contributed by atoms with E-state index in [4.69, 9.17) is 5.26 Å². The number of rotatable bonds is 2. The average Bonchev–Trinajstić information content (AvgIpc) is 2.35. The van der Waals surface area contributed by atoms with Gasteiger partial charge in [-0.15, -0.1) is 0 Å². The monoisotopic (exact) mass is 223 g/mol. The predicted molar refractivity (Wildman–Crippen MR) is 68.2 cm³/mol. The van der Waals surface area contributed by atoms with E-state index >= 15 is 0 Å². The van der Waals surface area contributed by atoms with Crippen LogP contribution in [0.2, 0.25) is 0 Å². The molecule has 0 bridgehead atoms. The predicted octanol–water partition coefficient (Wildman–Crippen LogP) is 3.31. The minimum Gasteiger partial charge on any atom is -0.355 e. The third kappa shape index (κ3) is 2.43. The van der Waals surface area contributed by atoms with Gasteiger partial charge in [0.2, 0.25) is 0 Å². The fourth-order valence-corrected chi connectivity index (χ4v) is 1.61. The normalized spacial score (nSPS) is 9.71. The van der Waals surface area contributed by atoms with Crippen LogP contribution in [0.4, 0.5) is 11.4 Å². The maximum Gasteiger partial charge on any atom is 0.142 e. The molecule has 0 aliphatic rings. The zero-order valence-corrected chi connectivity index (χ0v) is 9.86. The Morgan fingerprint density at radius 2 is 2.06 bits per heavy atom. The highest BCUT2D eigenvalue weighted by atomic mass is 14.9. The van der Waals surface area contributed by atoms with Crippen molar-refractivity contribution in [2.75, 3.05) is 5.32 Å². The highest BCUT2D eigenvalue weighted by molar-refractivity contribution is 5.64. The average molecular weight is 223 g/mol. The van der Waals surface area contributed by atoms with Gasteiger partial charge in [-0.05, 0) is 43.2 Å². The lowest BCUT2D eigenvalue weighted by molar-refractivity contribution is 1.26. The van der Waals surface area contributed by atoms with Gasteiger partial charge < -0.3 is 5.32 Å². The molecule has 2 aromatic rings. The molecule has 0 unspecified atom stereocenters. The Bertz CT molecular complexity index is 582. The maximum atomic E-state index is 8.79. The topological polar surface area (TPSA) is 48.7 Å². The molecule has 0 amide bonds. The summed E-state index contributed by atoms with van der Waals surface area (Å²) in [4.78, 5) is 3.94. The van der Waals surface area contributed by atoms with E-state index in [1.54, 1.807) is 12.3 Å². The van der Waals surface area contributed by atoms with Gasteiger partial charge in [-0.1, -0.05) is 12.1 Å². The van der Waals surface area contributed by atoms with Gasteiger partial charge in [0.1, 0.15) is 11.8 Å². The van der Waals surface area contributed by atoms with Gasteiger partial charge in [-0.3, -0.25) is 0 Å². The smallest absolute Gasteiger partial charge is 0.142 e. The summed E-state index contributed by atoms with van der Waals surface area (Å²) in [5.41, 5.74) is 4.80. The Labute approximate surface area is 101 Å². The standard InChI is InChI=1S/C14H13N3/c1-10-4-3-5-14(11(10)2)17-12-6-7-16-13(8-12)9-15/h3-8H,1-2H3,(H,16,17). The molecule has 1 aromatic heterocycles. The first-order valence-corrected chi connectivity index (χ1v) is 5.40. The molecule has 0 radical (unpaired) electrons. The number of hydrogen-bond acceptors (Lipinski definition) is 3. The minimum atomic E-state index is 0.417. The number of hydrogen-bond donors (Lipinski definition) is 1. The van der Waals surface area contributed by atoms with Crippen molar-refractivity contribution in [3.05, 3.63) is 53.3 Å². The summed E-state index contributed by atoms with van der Waals surface area (Å²) < 4.78 is 0. The second kappa shape index (κ2) is 4.67. The van der Waals surface area contributed by atoms with Crippen molar-refractivity contribution < 1.29 is 0 Å². The molecule has 1 heterocycles. The van der Waals surface area contributed by atoms with E-state index in [2.05, 4.69) is 30.2 Å². The first kappa shape index (κ1) is 11.2. The van der Waals surface area contributed by atoms with E-state index < -0.39 is 0 Å². The number of aryl methyl sites for hydroxylation is 1. The van der Waals surface area contributed by atoms with Crippen LogP contribution in [0.3, 0.4) is 0 Å². The molecule has 3 nitrogen and oxygen atoms in total. The Morgan fingerprint density at radius 3 is 2.82 bits per heavy atom. The lowest BCUT2D eigenvalue weighted by Gasteiger charge is -2.11. The summed E-state index contributed by atoms with van der Waals surface area (Å²) in [7, 11) is 0. The van der Waals surface area contributed by atoms with Gasteiger partial charge in [0.25, 0.3) is 0 Å². The molecule has 2 rings (SSSR count). The van der Waals surface area contributed by atoms with Crippen molar-refractivity contribution in [2.45, 2.75) is 13.8 Å². The van der Waals surface area contributed by atoms with E-state index in [0.29, 0.717) is 5.69 Å². The van der Waals surface area contributed by atoms with Crippen LogP contribution in [-0.4, -0.2) is 4.98 Å². The largest absolute Gasteiger partial charge is 0.355 e. The number of aromatic nitrogens is 1. The summed E-state index contributed by atoms with van der Waals surface area (Å²) in [6.45, 7) is 4.15. The number of nitriles is 1. The third-order valence-corrected chi connectivity index (χ3v) is 2.76. The Balaban J connectivity index is 2.32. The van der Waals surface area contributed by atoms with Gasteiger partial charge in [0.15, 0.2) is 0 Å². The second-order valence-corrected chi connectivity index (χ2v) is 3.91. The molecule has 84 valence electrons. The zero-order valence-electron chi connectivity index (χ0n) is 9.86. The van der Waals surface area contributed by atoms with Crippen LogP contribution in [-0.2, 0) is 0 Å². The quantitative estimate of drug-likeness (QED) is 0.849. The van der Waals surface area contributed by atoms with Gasteiger partial charge in [0.05, 0.1) is 0 Å². The molecule has 0 aliphatic carbocycles. The molecule has 1 aromatic carbocycles. The maximum absolute atomic E-state index is 8.79. The Hall–Kier alpha value is -2.34. The van der Waals surface area contributed by atoms with E-state index in [1.165, 1.54) is 11.1 Å². The van der Waals surface area contributed by atoms with Crippen LogP contribution in [0, 0.1) is 25.2 Å². The van der Waals surface area contributed by atoms with Crippen LogP contribution in [0.25, 0.3) is 0 Å². The van der Waals surface area contributed by atoms with E-state index in [-0.39, 0.29) is 0 Å². The van der Waals surface area contributed by atoms with Gasteiger partial charge in [-0.2, -0.15) is 5.26 Å². The summed E-state index contributed by atoms with van der Waals surface area (Å²) in [6, 6.07) is 11.7. The molecular weight excluding hydrogens is 210 g/mol. The molecule has 0 atom stereocenters. The fourth-order valence-electron chi connectivity index (χ4n) is 1.61. The molecule has 17 heavy (non-hydrogen) atoms. The Morgan fingerprint density at radius 1 is 1.24 bits per heavy atom. The molecule has 0 saturated heterocycles. The lowest BCUT2D eigenvalue weighted by atomic mass is 10.1. The number of nitrogens with zero attached hydrogens (tertiary/aromatic N) is 2. The summed E-state index contributed by atoms with van der Waals surface area (Å²) in [5.74, 6) is 0. The number of nitrogens with one attached hydrogen (secondary N) is 1. The summed E-state index contributed by atoms with van der Waals surface area (Å²) in [5, 5.41) is 12.1. The highest BCUT2D eigenvalue weighted by Crippen LogP contribution is 2.22. The van der Waals surface area contributed by atoms with Crippen LogP contribution >= 0.6 is 0 Å². The van der Waals surface area contributed by atoms with Crippen LogP contribution in [0.15, 0.2) is 36.5 Å². The van der Waals surface area contributed by atoms with Gasteiger partial charge >= 0.3 is 0 Å². The molecule has 3 heteroatoms. The highest BCUT2D eigenvalue weighted by Gasteiger charge is 2.01. The van der Waals surface area contributed by atoms with Crippen molar-refractivity contribution in [2.24, 2.45) is 0 Å². The van der Waals surface area contributed by atoms with E-state index in [0.717, 1.165) is 11.4 Å². The first-order valence-electron chi connectivity index (χ1n) is 5.40. The molecule has 0 aliphatic heterocycles. The minimum absolute atomic E-state index is 0.417. The van der Waals surface area contributed by atoms with Gasteiger partial charge in [-0.25, -0.2) is 4.98 Å². The first-order chi connectivity index (χ1) is 8.20. The lowest BCUT2D eigenvalue weighted by Crippen LogP contribution is -1.95. The van der Waals surface area contributed by atoms with E-state index in [9.17, 15) is 0 Å². The molecule has 0 saturated carbocycles. The Kier molecular flexibility index (Phi) is 3.06. The van der Waals surface area contributed by atoms with Gasteiger partial charge in [0, 0.05) is 17.6 Å².